The van der Waals surface area contributed by atoms with Gasteiger partial charge in [-0.2, -0.15) is 11.8 Å². The molecule has 1 aliphatic heterocycles. The number of nitrogens with two attached hydrogens (primary N) is 1. The van der Waals surface area contributed by atoms with E-state index in [-0.39, 0.29) is 18.0 Å². The summed E-state index contributed by atoms with van der Waals surface area (Å²) in [7, 11) is 0. The fourth-order valence-corrected chi connectivity index (χ4v) is 4.37. The first-order chi connectivity index (χ1) is 10.2. The molecule has 1 saturated carbocycles. The van der Waals surface area contributed by atoms with Crippen molar-refractivity contribution >= 4 is 17.7 Å². The van der Waals surface area contributed by atoms with Crippen LogP contribution >= 0.6 is 11.8 Å². The van der Waals surface area contributed by atoms with Gasteiger partial charge in [0.15, 0.2) is 0 Å². The number of carbonyl (C=O) groups excluding carboxylic acids is 1. The molecular formula is C17H24N2OS. The molecule has 2 fully saturated rings. The highest BCUT2D eigenvalue weighted by atomic mass is 32.2. The average molecular weight is 304 g/mol. The molecule has 1 saturated heterocycles. The van der Waals surface area contributed by atoms with E-state index in [1.54, 1.807) is 0 Å². The number of hydrogen-bond acceptors (Lipinski definition) is 3. The Bertz CT molecular complexity index is 489. The van der Waals surface area contributed by atoms with Crippen molar-refractivity contribution in [2.24, 2.45) is 11.7 Å². The summed E-state index contributed by atoms with van der Waals surface area (Å²) in [6.45, 7) is 3.06. The van der Waals surface area contributed by atoms with Gasteiger partial charge in [0.2, 0.25) is 5.91 Å². The van der Waals surface area contributed by atoms with Gasteiger partial charge in [0, 0.05) is 30.0 Å². The Kier molecular flexibility index (Phi) is 4.55. The second kappa shape index (κ2) is 6.41. The van der Waals surface area contributed by atoms with Gasteiger partial charge < -0.3 is 10.6 Å². The van der Waals surface area contributed by atoms with Crippen LogP contribution in [0.4, 0.5) is 0 Å². The van der Waals surface area contributed by atoms with Crippen LogP contribution in [0.3, 0.4) is 0 Å². The van der Waals surface area contributed by atoms with Crippen molar-refractivity contribution in [3.05, 3.63) is 35.9 Å². The molecule has 2 aliphatic rings. The van der Waals surface area contributed by atoms with Gasteiger partial charge in [0.05, 0.1) is 6.04 Å². The molecule has 3 atom stereocenters. The summed E-state index contributed by atoms with van der Waals surface area (Å²) in [5.41, 5.74) is 7.39. The van der Waals surface area contributed by atoms with Gasteiger partial charge >= 0.3 is 0 Å². The van der Waals surface area contributed by atoms with Crippen molar-refractivity contribution in [2.45, 2.75) is 43.5 Å². The number of carbonyl (C=O) groups is 1. The van der Waals surface area contributed by atoms with E-state index in [0.29, 0.717) is 17.6 Å². The molecule has 4 heteroatoms. The first kappa shape index (κ1) is 14.9. The third-order valence-corrected chi connectivity index (χ3v) is 5.79. The molecular weight excluding hydrogens is 280 g/mol. The zero-order chi connectivity index (χ0) is 14.8. The molecule has 1 aliphatic carbocycles. The monoisotopic (exact) mass is 304 g/mol. The molecule has 0 bridgehead atoms. The first-order valence-electron chi connectivity index (χ1n) is 7.88. The number of benzene rings is 1. The lowest BCUT2D eigenvalue weighted by molar-refractivity contribution is -0.134. The van der Waals surface area contributed by atoms with E-state index >= 15 is 0 Å². The molecule has 3 nitrogen and oxygen atoms in total. The van der Waals surface area contributed by atoms with Crippen LogP contribution in [0, 0.1) is 5.92 Å². The molecule has 2 N–H and O–H groups in total. The summed E-state index contributed by atoms with van der Waals surface area (Å²) < 4.78 is 0. The van der Waals surface area contributed by atoms with E-state index in [4.69, 9.17) is 5.73 Å². The molecule has 1 aromatic carbocycles. The molecule has 114 valence electrons. The van der Waals surface area contributed by atoms with Gasteiger partial charge in [-0.3, -0.25) is 4.79 Å². The van der Waals surface area contributed by atoms with Crippen molar-refractivity contribution in [1.29, 1.82) is 0 Å². The maximum atomic E-state index is 12.7. The summed E-state index contributed by atoms with van der Waals surface area (Å²) in [6, 6.07) is 10.6. The van der Waals surface area contributed by atoms with Gasteiger partial charge in [-0.15, -0.1) is 0 Å². The maximum Gasteiger partial charge on any atom is 0.224 e. The normalized spacial score (nSPS) is 27.4. The van der Waals surface area contributed by atoms with E-state index in [0.717, 1.165) is 12.3 Å². The van der Waals surface area contributed by atoms with Crippen LogP contribution in [0.25, 0.3) is 0 Å². The third kappa shape index (κ3) is 3.43. The molecule has 21 heavy (non-hydrogen) atoms. The molecule has 0 spiro atoms. The molecule has 0 radical (unpaired) electrons. The van der Waals surface area contributed by atoms with Gasteiger partial charge in [-0.05, 0) is 24.3 Å². The Morgan fingerprint density at radius 3 is 2.76 bits per heavy atom. The lowest BCUT2D eigenvalue weighted by Crippen LogP contribution is -2.45. The number of thioether (sulfide) groups is 1. The molecule has 0 unspecified atom stereocenters. The highest BCUT2D eigenvalue weighted by Crippen LogP contribution is 2.37. The van der Waals surface area contributed by atoms with Gasteiger partial charge in [0.25, 0.3) is 0 Å². The van der Waals surface area contributed by atoms with Crippen molar-refractivity contribution in [3.8, 4) is 0 Å². The minimum Gasteiger partial charge on any atom is -0.334 e. The second-order valence-corrected chi connectivity index (χ2v) is 7.71. The van der Waals surface area contributed by atoms with Crippen molar-refractivity contribution < 1.29 is 4.79 Å². The standard InChI is InChI=1S/C17H24N2OS/c1-12-17(14-5-3-2-4-6-14)19(9-10-21-12)16(20)11-15(18)13-7-8-13/h2-6,12-13,15,17H,7-11,18H2,1H3/t12-,15+,17+/m0/s1. The van der Waals surface area contributed by atoms with Crippen molar-refractivity contribution in [1.82, 2.24) is 4.90 Å². The van der Waals surface area contributed by atoms with Crippen LogP contribution < -0.4 is 5.73 Å². The van der Waals surface area contributed by atoms with E-state index in [2.05, 4.69) is 36.1 Å². The lowest BCUT2D eigenvalue weighted by atomic mass is 10.0. The van der Waals surface area contributed by atoms with Crippen LogP contribution in [-0.2, 0) is 4.79 Å². The van der Waals surface area contributed by atoms with E-state index < -0.39 is 0 Å². The highest BCUT2D eigenvalue weighted by molar-refractivity contribution is 8.00. The summed E-state index contributed by atoms with van der Waals surface area (Å²) in [5, 5.41) is 0.433. The maximum absolute atomic E-state index is 12.7. The lowest BCUT2D eigenvalue weighted by Gasteiger charge is -2.40. The van der Waals surface area contributed by atoms with Crippen molar-refractivity contribution in [3.63, 3.8) is 0 Å². The summed E-state index contributed by atoms with van der Waals surface area (Å²) in [5.74, 6) is 1.84. The highest BCUT2D eigenvalue weighted by Gasteiger charge is 2.36. The quantitative estimate of drug-likeness (QED) is 0.930. The predicted octanol–water partition coefficient (Wildman–Crippen LogP) is 2.82. The SMILES string of the molecule is C[C@@H]1SCCN(C(=O)C[C@@H](N)C2CC2)[C@H]1c1ccccc1. The topological polar surface area (TPSA) is 46.3 Å². The Hall–Kier alpha value is -1.00. The summed E-state index contributed by atoms with van der Waals surface area (Å²) >= 11 is 1.95. The van der Waals surface area contributed by atoms with Crippen LogP contribution in [0.5, 0.6) is 0 Å². The van der Waals surface area contributed by atoms with Crippen LogP contribution in [0.2, 0.25) is 0 Å². The predicted molar refractivity (Wildman–Crippen MR) is 88.1 cm³/mol. The number of hydrogen-bond donors (Lipinski definition) is 1. The largest absolute Gasteiger partial charge is 0.334 e. The average Bonchev–Trinajstić information content (AvgIpc) is 3.32. The molecule has 3 rings (SSSR count). The minimum atomic E-state index is 0.0545. The first-order valence-corrected chi connectivity index (χ1v) is 8.93. The van der Waals surface area contributed by atoms with Crippen LogP contribution in [0.1, 0.15) is 37.8 Å². The van der Waals surface area contributed by atoms with E-state index in [1.165, 1.54) is 18.4 Å². The Morgan fingerprint density at radius 1 is 1.38 bits per heavy atom. The van der Waals surface area contributed by atoms with E-state index in [9.17, 15) is 4.79 Å². The number of nitrogens with zero attached hydrogens (tertiary/aromatic N) is 1. The Labute approximate surface area is 131 Å². The fraction of sp³-hybridized carbons (Fsp3) is 0.588. The molecule has 1 amide bonds. The van der Waals surface area contributed by atoms with Gasteiger partial charge in [-0.1, -0.05) is 37.3 Å². The van der Waals surface area contributed by atoms with Crippen LogP contribution in [-0.4, -0.2) is 34.4 Å². The van der Waals surface area contributed by atoms with Gasteiger partial charge in [-0.25, -0.2) is 0 Å². The summed E-state index contributed by atoms with van der Waals surface area (Å²) in [6.07, 6.45) is 2.90. The third-order valence-electron chi connectivity index (χ3n) is 4.59. The fourth-order valence-electron chi connectivity index (χ4n) is 3.21. The zero-order valence-corrected chi connectivity index (χ0v) is 13.4. The smallest absolute Gasteiger partial charge is 0.224 e. The molecule has 1 heterocycles. The summed E-state index contributed by atoms with van der Waals surface area (Å²) in [4.78, 5) is 14.8. The number of amides is 1. The van der Waals surface area contributed by atoms with E-state index in [1.807, 2.05) is 17.8 Å². The molecule has 0 aromatic heterocycles. The second-order valence-electron chi connectivity index (χ2n) is 6.22. The Morgan fingerprint density at radius 2 is 2.10 bits per heavy atom. The zero-order valence-electron chi connectivity index (χ0n) is 12.6. The Balaban J connectivity index is 1.75. The molecule has 1 aromatic rings. The van der Waals surface area contributed by atoms with Crippen molar-refractivity contribution in [2.75, 3.05) is 12.3 Å². The van der Waals surface area contributed by atoms with Crippen LogP contribution in [0.15, 0.2) is 30.3 Å². The number of rotatable bonds is 4. The minimum absolute atomic E-state index is 0.0545. The van der Waals surface area contributed by atoms with Gasteiger partial charge in [0.1, 0.15) is 0 Å².